The normalized spacial score (nSPS) is 15.8. The van der Waals surface area contributed by atoms with Crippen molar-refractivity contribution in [3.8, 4) is 5.75 Å². The average Bonchev–Trinajstić information content (AvgIpc) is 2.71. The Bertz CT molecular complexity index is 1090. The van der Waals surface area contributed by atoms with Crippen molar-refractivity contribution in [1.29, 1.82) is 0 Å². The van der Waals surface area contributed by atoms with Crippen LogP contribution in [0.3, 0.4) is 0 Å². The lowest BCUT2D eigenvalue weighted by Crippen LogP contribution is -2.28. The van der Waals surface area contributed by atoms with Crippen LogP contribution in [0, 0.1) is 0 Å². The third-order valence-electron chi connectivity index (χ3n) is 4.53. The maximum Gasteiger partial charge on any atom is 0.237 e. The fourth-order valence-electron chi connectivity index (χ4n) is 2.93. The Hall–Kier alpha value is -2.23. The van der Waals surface area contributed by atoms with Crippen LogP contribution < -0.4 is 15.4 Å². The molecule has 0 saturated heterocycles. The Morgan fingerprint density at radius 2 is 2.03 bits per heavy atom. The molecular formula is C20H21ClN2O5S2. The number of hydrogen-bond donors (Lipinski definition) is 2. The minimum atomic E-state index is -3.72. The summed E-state index contributed by atoms with van der Waals surface area (Å²) in [6.45, 7) is 1.92. The van der Waals surface area contributed by atoms with Crippen molar-refractivity contribution >= 4 is 56.4 Å². The predicted octanol–water partition coefficient (Wildman–Crippen LogP) is 3.97. The molecule has 30 heavy (non-hydrogen) atoms. The van der Waals surface area contributed by atoms with Crippen LogP contribution in [0.2, 0.25) is 5.02 Å². The van der Waals surface area contributed by atoms with Gasteiger partial charge in [0.1, 0.15) is 5.75 Å². The maximum atomic E-state index is 12.7. The Balaban J connectivity index is 1.69. The van der Waals surface area contributed by atoms with E-state index < -0.39 is 15.7 Å². The van der Waals surface area contributed by atoms with E-state index in [1.54, 1.807) is 18.2 Å². The van der Waals surface area contributed by atoms with Crippen molar-refractivity contribution in [2.24, 2.45) is 0 Å². The number of benzene rings is 2. The number of amides is 2. The summed E-state index contributed by atoms with van der Waals surface area (Å²) in [6.07, 6.45) is 0.441. The van der Waals surface area contributed by atoms with E-state index in [4.69, 9.17) is 16.3 Å². The van der Waals surface area contributed by atoms with Gasteiger partial charge in [-0.15, -0.1) is 11.8 Å². The number of sulfone groups is 1. The van der Waals surface area contributed by atoms with Gasteiger partial charge in [0.2, 0.25) is 11.8 Å². The van der Waals surface area contributed by atoms with Crippen molar-refractivity contribution in [1.82, 2.24) is 0 Å². The van der Waals surface area contributed by atoms with Crippen LogP contribution in [0.5, 0.6) is 5.75 Å². The summed E-state index contributed by atoms with van der Waals surface area (Å²) in [5, 5.41) is 5.61. The van der Waals surface area contributed by atoms with Gasteiger partial charge in [-0.2, -0.15) is 0 Å². The third kappa shape index (κ3) is 5.08. The van der Waals surface area contributed by atoms with Gasteiger partial charge in [-0.1, -0.05) is 18.5 Å². The molecule has 1 atom stereocenters. The van der Waals surface area contributed by atoms with Gasteiger partial charge in [-0.3, -0.25) is 9.59 Å². The first-order valence-corrected chi connectivity index (χ1v) is 12.1. The van der Waals surface area contributed by atoms with E-state index in [1.807, 2.05) is 6.92 Å². The van der Waals surface area contributed by atoms with E-state index >= 15 is 0 Å². The van der Waals surface area contributed by atoms with E-state index in [9.17, 15) is 18.0 Å². The molecule has 7 nitrogen and oxygen atoms in total. The summed E-state index contributed by atoms with van der Waals surface area (Å²) in [5.74, 6) is -0.575. The molecule has 0 saturated carbocycles. The van der Waals surface area contributed by atoms with Gasteiger partial charge < -0.3 is 15.4 Å². The maximum absolute atomic E-state index is 12.7. The van der Waals surface area contributed by atoms with Crippen molar-refractivity contribution < 1.29 is 22.7 Å². The number of carbonyl (C=O) groups excluding carboxylic acids is 2. The van der Waals surface area contributed by atoms with E-state index in [0.717, 1.165) is 4.90 Å². The number of anilines is 2. The fraction of sp³-hybridized carbons (Fsp3) is 0.300. The summed E-state index contributed by atoms with van der Waals surface area (Å²) in [7, 11) is -2.26. The number of hydrogen-bond acceptors (Lipinski definition) is 6. The number of methoxy groups -OCH3 is 1. The number of ether oxygens (including phenoxy) is 1. The molecule has 2 aromatic rings. The number of carbonyl (C=O) groups is 2. The quantitative estimate of drug-likeness (QED) is 0.637. The van der Waals surface area contributed by atoms with Crippen LogP contribution in [0.4, 0.5) is 11.4 Å². The largest absolute Gasteiger partial charge is 0.495 e. The zero-order valence-electron chi connectivity index (χ0n) is 16.4. The van der Waals surface area contributed by atoms with Crippen LogP contribution in [-0.4, -0.2) is 38.3 Å². The molecule has 0 fully saturated rings. The number of halogens is 1. The molecule has 10 heteroatoms. The Kier molecular flexibility index (Phi) is 6.95. The van der Waals surface area contributed by atoms with Gasteiger partial charge >= 0.3 is 0 Å². The summed E-state index contributed by atoms with van der Waals surface area (Å²) >= 11 is 7.35. The topological polar surface area (TPSA) is 102 Å². The highest BCUT2D eigenvalue weighted by Crippen LogP contribution is 2.38. The molecule has 0 aliphatic carbocycles. The van der Waals surface area contributed by atoms with Gasteiger partial charge in [-0.25, -0.2) is 8.42 Å². The second-order valence-electron chi connectivity index (χ2n) is 6.62. The number of fused-ring (bicyclic) bond motifs is 1. The molecule has 0 radical (unpaired) electrons. The van der Waals surface area contributed by atoms with Gasteiger partial charge in [0.25, 0.3) is 0 Å². The molecule has 160 valence electrons. The first-order chi connectivity index (χ1) is 14.2. The molecule has 2 aromatic carbocycles. The SMILES string of the molecule is CC[C@@H]1Sc2ccc(S(=O)(=O)CCC(=O)Nc3cc(Cl)ccc3OC)cc2NC1=O. The summed E-state index contributed by atoms with van der Waals surface area (Å²) in [6, 6.07) is 9.39. The zero-order valence-corrected chi connectivity index (χ0v) is 18.8. The first kappa shape index (κ1) is 22.5. The number of thioether (sulfide) groups is 1. The van der Waals surface area contributed by atoms with Crippen LogP contribution in [0.1, 0.15) is 19.8 Å². The van der Waals surface area contributed by atoms with Crippen molar-refractivity contribution in [2.75, 3.05) is 23.5 Å². The van der Waals surface area contributed by atoms with Gasteiger partial charge in [0.15, 0.2) is 9.84 Å². The minimum absolute atomic E-state index is 0.0604. The van der Waals surface area contributed by atoms with Crippen LogP contribution in [0.15, 0.2) is 46.2 Å². The third-order valence-corrected chi connectivity index (χ3v) is 7.92. The van der Waals surface area contributed by atoms with Crippen LogP contribution in [0.25, 0.3) is 0 Å². The first-order valence-electron chi connectivity index (χ1n) is 9.21. The Morgan fingerprint density at radius 3 is 2.73 bits per heavy atom. The Labute approximate surface area is 184 Å². The smallest absolute Gasteiger partial charge is 0.237 e. The van der Waals surface area contributed by atoms with Crippen molar-refractivity contribution in [3.63, 3.8) is 0 Å². The van der Waals surface area contributed by atoms with Gasteiger partial charge in [-0.05, 0) is 42.8 Å². The monoisotopic (exact) mass is 468 g/mol. The molecule has 2 N–H and O–H groups in total. The average molecular weight is 469 g/mol. The minimum Gasteiger partial charge on any atom is -0.495 e. The standard InChI is InChI=1S/C20H21ClN2O5S2/c1-3-17-20(25)23-15-11-13(5-7-18(15)29-17)30(26,27)9-8-19(24)22-14-10-12(21)4-6-16(14)28-2/h4-7,10-11,17H,3,8-9H2,1-2H3,(H,22,24)(H,23,25)/t17-/m0/s1. The summed E-state index contributed by atoms with van der Waals surface area (Å²) in [4.78, 5) is 25.2. The molecule has 1 heterocycles. The summed E-state index contributed by atoms with van der Waals surface area (Å²) in [5.41, 5.74) is 0.843. The lowest BCUT2D eigenvalue weighted by Gasteiger charge is -2.23. The lowest BCUT2D eigenvalue weighted by molar-refractivity contribution is -0.116. The molecular weight excluding hydrogens is 448 g/mol. The van der Waals surface area contributed by atoms with Gasteiger partial charge in [0, 0.05) is 16.3 Å². The van der Waals surface area contributed by atoms with E-state index in [2.05, 4.69) is 10.6 Å². The molecule has 0 spiro atoms. The number of rotatable bonds is 7. The van der Waals surface area contributed by atoms with Crippen LogP contribution in [-0.2, 0) is 19.4 Å². The van der Waals surface area contributed by atoms with Crippen LogP contribution >= 0.6 is 23.4 Å². The van der Waals surface area contributed by atoms with Crippen molar-refractivity contribution in [3.05, 3.63) is 41.4 Å². The predicted molar refractivity (Wildman–Crippen MR) is 118 cm³/mol. The van der Waals surface area contributed by atoms with E-state index in [0.29, 0.717) is 28.6 Å². The zero-order chi connectivity index (χ0) is 21.9. The summed E-state index contributed by atoms with van der Waals surface area (Å²) < 4.78 is 30.6. The number of nitrogens with one attached hydrogen (secondary N) is 2. The second-order valence-corrected chi connectivity index (χ2v) is 10.4. The highest BCUT2D eigenvalue weighted by molar-refractivity contribution is 8.01. The lowest BCUT2D eigenvalue weighted by atomic mass is 10.2. The molecule has 3 rings (SSSR count). The molecule has 1 aliphatic rings. The fourth-order valence-corrected chi connectivity index (χ4v) is 5.38. The molecule has 0 unspecified atom stereocenters. The highest BCUT2D eigenvalue weighted by Gasteiger charge is 2.27. The molecule has 0 bridgehead atoms. The highest BCUT2D eigenvalue weighted by atomic mass is 35.5. The van der Waals surface area contributed by atoms with E-state index in [1.165, 1.54) is 37.1 Å². The van der Waals surface area contributed by atoms with E-state index in [-0.39, 0.29) is 28.2 Å². The van der Waals surface area contributed by atoms with Crippen molar-refractivity contribution in [2.45, 2.75) is 34.8 Å². The molecule has 1 aliphatic heterocycles. The second kappa shape index (κ2) is 9.28. The Morgan fingerprint density at radius 1 is 1.27 bits per heavy atom. The molecule has 2 amide bonds. The van der Waals surface area contributed by atoms with Gasteiger partial charge in [0.05, 0.1) is 34.4 Å². The molecule has 0 aromatic heterocycles.